The van der Waals surface area contributed by atoms with Gasteiger partial charge in [0.15, 0.2) is 0 Å². The molecule has 0 saturated carbocycles. The van der Waals surface area contributed by atoms with Gasteiger partial charge < -0.3 is 15.1 Å². The minimum atomic E-state index is -0.356. The van der Waals surface area contributed by atoms with Crippen LogP contribution in [-0.4, -0.2) is 45.9 Å². The summed E-state index contributed by atoms with van der Waals surface area (Å²) in [5, 5.41) is 2.73. The third-order valence-electron chi connectivity index (χ3n) is 5.72. The zero-order chi connectivity index (χ0) is 19.3. The van der Waals surface area contributed by atoms with E-state index in [0.717, 1.165) is 12.1 Å². The summed E-state index contributed by atoms with van der Waals surface area (Å²) in [5.41, 5.74) is 3.44. The smallest absolute Gasteiger partial charge is 0.322 e. The fraction of sp³-hybridized carbons (Fsp3) is 0.286. The van der Waals surface area contributed by atoms with Crippen molar-refractivity contribution in [3.05, 3.63) is 65.7 Å². The average molecular weight is 378 g/mol. The zero-order valence-electron chi connectivity index (χ0n) is 15.1. The van der Waals surface area contributed by atoms with E-state index >= 15 is 0 Å². The highest BCUT2D eigenvalue weighted by molar-refractivity contribution is 5.95. The van der Waals surface area contributed by atoms with Gasteiger partial charge in [0, 0.05) is 24.3 Å². The molecule has 1 aliphatic carbocycles. The van der Waals surface area contributed by atoms with E-state index in [0.29, 0.717) is 17.8 Å². The minimum absolute atomic E-state index is 0.0161. The molecule has 7 heteroatoms. The van der Waals surface area contributed by atoms with Crippen molar-refractivity contribution in [3.8, 4) is 0 Å². The molecule has 1 saturated heterocycles. The Morgan fingerprint density at radius 3 is 2.93 bits per heavy atom. The molecule has 2 bridgehead atoms. The molecule has 28 heavy (non-hydrogen) atoms. The monoisotopic (exact) mass is 378 g/mol. The van der Waals surface area contributed by atoms with Gasteiger partial charge in [-0.25, -0.2) is 9.18 Å². The second kappa shape index (κ2) is 6.44. The Morgan fingerprint density at radius 2 is 2.18 bits per heavy atom. The van der Waals surface area contributed by atoms with E-state index in [2.05, 4.69) is 16.4 Å². The molecule has 2 aromatic rings. The number of hydrogen-bond acceptors (Lipinski definition) is 3. The first-order valence-corrected chi connectivity index (χ1v) is 9.35. The van der Waals surface area contributed by atoms with Crippen molar-refractivity contribution in [1.29, 1.82) is 0 Å². The van der Waals surface area contributed by atoms with Gasteiger partial charge in [-0.3, -0.25) is 9.78 Å². The van der Waals surface area contributed by atoms with Crippen molar-refractivity contribution in [1.82, 2.24) is 14.8 Å². The Bertz CT molecular complexity index is 991. The lowest BCUT2D eigenvalue weighted by Crippen LogP contribution is -2.47. The third kappa shape index (κ3) is 2.83. The number of hydrogen-bond donors (Lipinski definition) is 1. The van der Waals surface area contributed by atoms with E-state index in [1.165, 1.54) is 22.6 Å². The molecule has 5 rings (SSSR count). The molecule has 0 spiro atoms. The maximum Gasteiger partial charge on any atom is 0.322 e. The van der Waals surface area contributed by atoms with E-state index in [1.54, 1.807) is 12.3 Å². The number of fused-ring (bicyclic) bond motifs is 3. The van der Waals surface area contributed by atoms with E-state index < -0.39 is 0 Å². The first kappa shape index (κ1) is 16.9. The van der Waals surface area contributed by atoms with Crippen LogP contribution in [0.3, 0.4) is 0 Å². The number of urea groups is 1. The van der Waals surface area contributed by atoms with E-state index in [4.69, 9.17) is 0 Å². The fourth-order valence-electron chi connectivity index (χ4n) is 4.38. The standard InChI is InChI=1S/C21H19FN4O2/c22-15-4-5-18-14(7-15)10-25(21(28)24-18)12-20(27)26-11-13-8-16(26)9-17(13)19-3-1-2-6-23-19/h1-7,9,13,16H,8,10-12H2,(H,24,28)/t13-,16-/m0/s1. The van der Waals surface area contributed by atoms with Gasteiger partial charge in [0.1, 0.15) is 12.4 Å². The molecule has 142 valence electrons. The van der Waals surface area contributed by atoms with Gasteiger partial charge in [0.25, 0.3) is 0 Å². The maximum atomic E-state index is 13.5. The molecule has 0 radical (unpaired) electrons. The second-order valence-electron chi connectivity index (χ2n) is 7.47. The second-order valence-corrected chi connectivity index (χ2v) is 7.47. The summed E-state index contributed by atoms with van der Waals surface area (Å²) < 4.78 is 13.5. The first-order chi connectivity index (χ1) is 13.6. The van der Waals surface area contributed by atoms with Crippen LogP contribution in [0.5, 0.6) is 0 Å². The van der Waals surface area contributed by atoms with E-state index in [9.17, 15) is 14.0 Å². The summed E-state index contributed by atoms with van der Waals surface area (Å²) in [5.74, 6) is -0.155. The SMILES string of the molecule is O=C1Nc2ccc(F)cc2CN1CC(=O)N1C[C@@H]2C[C@H]1C=C2c1ccccn1. The summed E-state index contributed by atoms with van der Waals surface area (Å²) in [6.07, 6.45) is 4.80. The van der Waals surface area contributed by atoms with Gasteiger partial charge in [-0.2, -0.15) is 0 Å². The number of benzene rings is 1. The van der Waals surface area contributed by atoms with Crippen LogP contribution < -0.4 is 5.32 Å². The third-order valence-corrected chi connectivity index (χ3v) is 5.72. The minimum Gasteiger partial charge on any atom is -0.334 e. The molecule has 2 atom stereocenters. The van der Waals surface area contributed by atoms with Crippen LogP contribution >= 0.6 is 0 Å². The van der Waals surface area contributed by atoms with Crippen molar-refractivity contribution < 1.29 is 14.0 Å². The number of likely N-dealkylation sites (tertiary alicyclic amines) is 1. The summed E-state index contributed by atoms with van der Waals surface area (Å²) in [6.45, 7) is 0.853. The quantitative estimate of drug-likeness (QED) is 0.893. The summed E-state index contributed by atoms with van der Waals surface area (Å²) in [7, 11) is 0. The lowest BCUT2D eigenvalue weighted by atomic mass is 9.99. The van der Waals surface area contributed by atoms with Crippen molar-refractivity contribution in [2.24, 2.45) is 5.92 Å². The van der Waals surface area contributed by atoms with Crippen LogP contribution in [0.4, 0.5) is 14.9 Å². The Kier molecular flexibility index (Phi) is 3.89. The largest absolute Gasteiger partial charge is 0.334 e. The first-order valence-electron chi connectivity index (χ1n) is 9.35. The van der Waals surface area contributed by atoms with Gasteiger partial charge in [0.05, 0.1) is 18.3 Å². The van der Waals surface area contributed by atoms with Crippen LogP contribution in [0.25, 0.3) is 5.57 Å². The predicted molar refractivity (Wildman–Crippen MR) is 102 cm³/mol. The lowest BCUT2D eigenvalue weighted by Gasteiger charge is -2.32. The van der Waals surface area contributed by atoms with Gasteiger partial charge >= 0.3 is 6.03 Å². The summed E-state index contributed by atoms with van der Waals surface area (Å²) in [6, 6.07) is 9.82. The molecule has 1 fully saturated rings. The number of aromatic nitrogens is 1. The van der Waals surface area contributed by atoms with Gasteiger partial charge in [-0.15, -0.1) is 0 Å². The number of rotatable bonds is 3. The topological polar surface area (TPSA) is 65.5 Å². The zero-order valence-corrected chi connectivity index (χ0v) is 15.1. The number of amides is 3. The van der Waals surface area contributed by atoms with Gasteiger partial charge in [0.2, 0.25) is 5.91 Å². The predicted octanol–water partition coefficient (Wildman–Crippen LogP) is 2.88. The molecule has 3 amide bonds. The fourth-order valence-corrected chi connectivity index (χ4v) is 4.38. The van der Waals surface area contributed by atoms with Gasteiger partial charge in [-0.1, -0.05) is 12.1 Å². The Labute approximate surface area is 161 Å². The number of pyridine rings is 1. The maximum absolute atomic E-state index is 13.5. The summed E-state index contributed by atoms with van der Waals surface area (Å²) >= 11 is 0. The highest BCUT2D eigenvalue weighted by atomic mass is 19.1. The Balaban J connectivity index is 1.29. The normalized spacial score (nSPS) is 22.8. The number of nitrogens with zero attached hydrogens (tertiary/aromatic N) is 3. The van der Waals surface area contributed by atoms with Crippen molar-refractivity contribution >= 4 is 23.2 Å². The highest BCUT2D eigenvalue weighted by Gasteiger charge is 2.42. The van der Waals surface area contributed by atoms with Crippen molar-refractivity contribution in [2.75, 3.05) is 18.4 Å². The average Bonchev–Trinajstić information content (AvgIpc) is 3.30. The molecule has 2 aliphatic heterocycles. The molecular formula is C21H19FN4O2. The number of carbonyl (C=O) groups excluding carboxylic acids is 2. The summed E-state index contributed by atoms with van der Waals surface area (Å²) in [4.78, 5) is 32.9. The van der Waals surface area contributed by atoms with E-state index in [-0.39, 0.29) is 42.8 Å². The molecule has 1 aromatic heterocycles. The van der Waals surface area contributed by atoms with Gasteiger partial charge in [-0.05, 0) is 47.9 Å². The van der Waals surface area contributed by atoms with Crippen molar-refractivity contribution in [2.45, 2.75) is 19.0 Å². The number of carbonyl (C=O) groups is 2. The van der Waals surface area contributed by atoms with Crippen LogP contribution in [0.1, 0.15) is 17.7 Å². The number of halogens is 1. The molecule has 3 heterocycles. The molecule has 6 nitrogen and oxygen atoms in total. The Hall–Kier alpha value is -3.22. The van der Waals surface area contributed by atoms with Crippen LogP contribution in [0.15, 0.2) is 48.7 Å². The van der Waals surface area contributed by atoms with Crippen LogP contribution in [0.2, 0.25) is 0 Å². The van der Waals surface area contributed by atoms with Crippen LogP contribution in [-0.2, 0) is 11.3 Å². The van der Waals surface area contributed by atoms with Crippen LogP contribution in [0, 0.1) is 11.7 Å². The highest BCUT2D eigenvalue weighted by Crippen LogP contribution is 2.41. The molecular weight excluding hydrogens is 359 g/mol. The lowest BCUT2D eigenvalue weighted by molar-refractivity contribution is -0.132. The van der Waals surface area contributed by atoms with E-state index in [1.807, 2.05) is 23.1 Å². The molecule has 1 aromatic carbocycles. The Morgan fingerprint density at radius 1 is 1.29 bits per heavy atom. The van der Waals surface area contributed by atoms with Crippen molar-refractivity contribution in [3.63, 3.8) is 0 Å². The number of anilines is 1. The molecule has 1 N–H and O–H groups in total. The molecule has 3 aliphatic rings. The number of nitrogens with one attached hydrogen (secondary N) is 1. The molecule has 0 unspecified atom stereocenters.